The quantitative estimate of drug-likeness (QED) is 0.578. The Morgan fingerprint density at radius 1 is 1.19 bits per heavy atom. The van der Waals surface area contributed by atoms with E-state index in [4.69, 9.17) is 10.5 Å². The predicted molar refractivity (Wildman–Crippen MR) is 112 cm³/mol. The SMILES string of the molecule is CCc1cccc(NC(N)=NCC(c2cccc(OC)c2)N2CCCC2)c1. The molecule has 1 fully saturated rings. The Morgan fingerprint density at radius 3 is 2.70 bits per heavy atom. The van der Waals surface area contributed by atoms with Crippen molar-refractivity contribution in [3.05, 3.63) is 59.7 Å². The largest absolute Gasteiger partial charge is 0.497 e. The maximum atomic E-state index is 6.17. The molecule has 144 valence electrons. The summed E-state index contributed by atoms with van der Waals surface area (Å²) in [7, 11) is 1.70. The van der Waals surface area contributed by atoms with Crippen molar-refractivity contribution in [2.75, 3.05) is 32.1 Å². The van der Waals surface area contributed by atoms with Gasteiger partial charge in [-0.2, -0.15) is 0 Å². The number of rotatable bonds is 7. The summed E-state index contributed by atoms with van der Waals surface area (Å²) < 4.78 is 5.40. The molecule has 1 saturated heterocycles. The number of anilines is 1. The van der Waals surface area contributed by atoms with Crippen LogP contribution in [0.1, 0.15) is 36.9 Å². The molecular weight excluding hydrogens is 336 g/mol. The first-order chi connectivity index (χ1) is 13.2. The van der Waals surface area contributed by atoms with Gasteiger partial charge in [0.15, 0.2) is 5.96 Å². The van der Waals surface area contributed by atoms with E-state index in [1.807, 2.05) is 24.3 Å². The lowest BCUT2D eigenvalue weighted by Crippen LogP contribution is -2.30. The Morgan fingerprint density at radius 2 is 1.96 bits per heavy atom. The number of guanidine groups is 1. The lowest BCUT2D eigenvalue weighted by molar-refractivity contribution is 0.251. The summed E-state index contributed by atoms with van der Waals surface area (Å²) in [4.78, 5) is 7.14. The van der Waals surface area contributed by atoms with Crippen LogP contribution in [-0.2, 0) is 6.42 Å². The first-order valence-corrected chi connectivity index (χ1v) is 9.73. The van der Waals surface area contributed by atoms with E-state index in [2.05, 4.69) is 46.4 Å². The van der Waals surface area contributed by atoms with Crippen LogP contribution in [0, 0.1) is 0 Å². The van der Waals surface area contributed by atoms with Crippen molar-refractivity contribution < 1.29 is 4.74 Å². The molecule has 2 aromatic carbocycles. The number of ether oxygens (including phenoxy) is 1. The summed E-state index contributed by atoms with van der Waals surface area (Å²) in [5.41, 5.74) is 9.66. The summed E-state index contributed by atoms with van der Waals surface area (Å²) in [5.74, 6) is 1.33. The van der Waals surface area contributed by atoms with E-state index in [1.54, 1.807) is 7.11 Å². The lowest BCUT2D eigenvalue weighted by atomic mass is 10.1. The standard InChI is InChI=1S/C22H30N4O/c1-3-17-8-6-10-19(14-17)25-22(23)24-16-21(26-12-4-5-13-26)18-9-7-11-20(15-18)27-2/h6-11,14-15,21H,3-5,12-13,16H2,1-2H3,(H3,23,24,25). The smallest absolute Gasteiger partial charge is 0.193 e. The Labute approximate surface area is 162 Å². The number of benzene rings is 2. The van der Waals surface area contributed by atoms with Crippen LogP contribution in [-0.4, -0.2) is 37.6 Å². The first-order valence-electron chi connectivity index (χ1n) is 9.73. The fraction of sp³-hybridized carbons (Fsp3) is 0.409. The second kappa shape index (κ2) is 9.42. The molecule has 5 heteroatoms. The van der Waals surface area contributed by atoms with E-state index >= 15 is 0 Å². The molecule has 1 unspecified atom stereocenters. The number of methoxy groups -OCH3 is 1. The highest BCUT2D eigenvalue weighted by Crippen LogP contribution is 2.28. The molecule has 0 aromatic heterocycles. The number of hydrogen-bond acceptors (Lipinski definition) is 3. The van der Waals surface area contributed by atoms with E-state index in [0.29, 0.717) is 12.5 Å². The normalized spacial score (nSPS) is 16.3. The van der Waals surface area contributed by atoms with Crippen molar-refractivity contribution in [1.82, 2.24) is 4.90 Å². The summed E-state index contributed by atoms with van der Waals surface area (Å²) >= 11 is 0. The Kier molecular flexibility index (Phi) is 6.71. The minimum atomic E-state index is 0.213. The van der Waals surface area contributed by atoms with Crippen molar-refractivity contribution in [2.24, 2.45) is 10.7 Å². The van der Waals surface area contributed by atoms with Gasteiger partial charge in [0.25, 0.3) is 0 Å². The third-order valence-electron chi connectivity index (χ3n) is 5.10. The van der Waals surface area contributed by atoms with Gasteiger partial charge in [-0.1, -0.05) is 31.2 Å². The molecule has 0 amide bonds. The summed E-state index contributed by atoms with van der Waals surface area (Å²) in [6.45, 7) is 4.97. The molecule has 0 aliphatic carbocycles. The molecule has 1 aliphatic rings. The molecule has 3 rings (SSSR count). The molecular formula is C22H30N4O. The fourth-order valence-electron chi connectivity index (χ4n) is 3.57. The maximum Gasteiger partial charge on any atom is 0.193 e. The van der Waals surface area contributed by atoms with E-state index in [9.17, 15) is 0 Å². The van der Waals surface area contributed by atoms with Gasteiger partial charge in [-0.05, 0) is 67.7 Å². The van der Waals surface area contributed by atoms with Crippen molar-refractivity contribution in [3.8, 4) is 5.75 Å². The highest BCUT2D eigenvalue weighted by Gasteiger charge is 2.23. The van der Waals surface area contributed by atoms with E-state index < -0.39 is 0 Å². The van der Waals surface area contributed by atoms with Gasteiger partial charge >= 0.3 is 0 Å². The van der Waals surface area contributed by atoms with E-state index in [-0.39, 0.29) is 6.04 Å². The third kappa shape index (κ3) is 5.23. The number of aliphatic imine (C=N–C) groups is 1. The third-order valence-corrected chi connectivity index (χ3v) is 5.10. The minimum Gasteiger partial charge on any atom is -0.497 e. The number of nitrogens with one attached hydrogen (secondary N) is 1. The van der Waals surface area contributed by atoms with Crippen molar-refractivity contribution in [2.45, 2.75) is 32.2 Å². The zero-order chi connectivity index (χ0) is 19.1. The number of nitrogens with zero attached hydrogens (tertiary/aromatic N) is 2. The Bertz CT molecular complexity index is 768. The highest BCUT2D eigenvalue weighted by atomic mass is 16.5. The topological polar surface area (TPSA) is 62.9 Å². The van der Waals surface area contributed by atoms with Crippen LogP contribution in [0.5, 0.6) is 5.75 Å². The average molecular weight is 367 g/mol. The minimum absolute atomic E-state index is 0.213. The van der Waals surface area contributed by atoms with Crippen LogP contribution in [0.2, 0.25) is 0 Å². The molecule has 0 radical (unpaired) electrons. The van der Waals surface area contributed by atoms with Gasteiger partial charge in [-0.15, -0.1) is 0 Å². The van der Waals surface area contributed by atoms with Gasteiger partial charge in [-0.25, -0.2) is 0 Å². The molecule has 0 bridgehead atoms. The van der Waals surface area contributed by atoms with Crippen LogP contribution in [0.15, 0.2) is 53.5 Å². The molecule has 27 heavy (non-hydrogen) atoms. The second-order valence-corrected chi connectivity index (χ2v) is 6.94. The van der Waals surface area contributed by atoms with E-state index in [1.165, 1.54) is 24.0 Å². The number of aryl methyl sites for hydroxylation is 1. The van der Waals surface area contributed by atoms with Crippen LogP contribution in [0.3, 0.4) is 0 Å². The zero-order valence-corrected chi connectivity index (χ0v) is 16.3. The molecule has 5 nitrogen and oxygen atoms in total. The van der Waals surface area contributed by atoms with Gasteiger partial charge in [0.05, 0.1) is 19.7 Å². The maximum absolute atomic E-state index is 6.17. The lowest BCUT2D eigenvalue weighted by Gasteiger charge is -2.27. The highest BCUT2D eigenvalue weighted by molar-refractivity contribution is 5.92. The van der Waals surface area contributed by atoms with Gasteiger partial charge in [0.2, 0.25) is 0 Å². The van der Waals surface area contributed by atoms with Gasteiger partial charge in [0, 0.05) is 5.69 Å². The van der Waals surface area contributed by atoms with Gasteiger partial charge < -0.3 is 15.8 Å². The molecule has 3 N–H and O–H groups in total. The fourth-order valence-corrected chi connectivity index (χ4v) is 3.57. The van der Waals surface area contributed by atoms with Crippen molar-refractivity contribution >= 4 is 11.6 Å². The first kappa shape index (κ1) is 19.2. The Hall–Kier alpha value is -2.53. The molecule has 1 aliphatic heterocycles. The summed E-state index contributed by atoms with van der Waals surface area (Å²) in [6, 6.07) is 16.8. The number of hydrogen-bond donors (Lipinski definition) is 2. The van der Waals surface area contributed by atoms with E-state index in [0.717, 1.165) is 30.9 Å². The molecule has 1 atom stereocenters. The second-order valence-electron chi connectivity index (χ2n) is 6.94. The van der Waals surface area contributed by atoms with Crippen LogP contribution in [0.4, 0.5) is 5.69 Å². The summed E-state index contributed by atoms with van der Waals surface area (Å²) in [6.07, 6.45) is 3.48. The average Bonchev–Trinajstić information content (AvgIpc) is 3.23. The molecule has 0 saturated carbocycles. The number of nitrogens with two attached hydrogens (primary N) is 1. The van der Waals surface area contributed by atoms with Gasteiger partial charge in [-0.3, -0.25) is 9.89 Å². The summed E-state index contributed by atoms with van der Waals surface area (Å²) in [5, 5.41) is 3.22. The number of likely N-dealkylation sites (tertiary alicyclic amines) is 1. The zero-order valence-electron chi connectivity index (χ0n) is 16.3. The van der Waals surface area contributed by atoms with Crippen LogP contribution < -0.4 is 15.8 Å². The van der Waals surface area contributed by atoms with Crippen molar-refractivity contribution in [1.29, 1.82) is 0 Å². The van der Waals surface area contributed by atoms with Crippen LogP contribution in [0.25, 0.3) is 0 Å². The van der Waals surface area contributed by atoms with Gasteiger partial charge in [0.1, 0.15) is 5.75 Å². The Balaban J connectivity index is 1.73. The molecule has 0 spiro atoms. The molecule has 2 aromatic rings. The predicted octanol–water partition coefficient (Wildman–Crippen LogP) is 3.82. The van der Waals surface area contributed by atoms with Crippen molar-refractivity contribution in [3.63, 3.8) is 0 Å². The molecule has 1 heterocycles. The monoisotopic (exact) mass is 366 g/mol. The van der Waals surface area contributed by atoms with Crippen LogP contribution >= 0.6 is 0 Å².